The third-order valence-electron chi connectivity index (χ3n) is 4.43. The maximum atomic E-state index is 2.54. The summed E-state index contributed by atoms with van der Waals surface area (Å²) in [6, 6.07) is 0. The van der Waals surface area contributed by atoms with E-state index in [2.05, 4.69) is 13.8 Å². The molecule has 0 aromatic rings. The molecular weight excluding hydrogens is 144 g/mol. The summed E-state index contributed by atoms with van der Waals surface area (Å²) in [5.74, 6) is 2.09. The first-order chi connectivity index (χ1) is 5.71. The Hall–Kier alpha value is 0. The van der Waals surface area contributed by atoms with Crippen molar-refractivity contribution in [2.24, 2.45) is 17.3 Å². The molecule has 0 amide bonds. The Labute approximate surface area is 76.7 Å². The highest BCUT2D eigenvalue weighted by Crippen LogP contribution is 2.51. The lowest BCUT2D eigenvalue weighted by molar-refractivity contribution is 0.0416. The lowest BCUT2D eigenvalue weighted by atomic mass is 9.59. The quantitative estimate of drug-likeness (QED) is 0.510. The van der Waals surface area contributed by atoms with Gasteiger partial charge in [0.25, 0.3) is 0 Å². The van der Waals surface area contributed by atoms with Gasteiger partial charge in [-0.2, -0.15) is 0 Å². The molecule has 0 saturated heterocycles. The van der Waals surface area contributed by atoms with Crippen LogP contribution in [0.15, 0.2) is 0 Å². The molecule has 2 fully saturated rings. The Balaban J connectivity index is 2.06. The van der Waals surface area contributed by atoms with Crippen molar-refractivity contribution in [3.05, 3.63) is 0 Å². The van der Waals surface area contributed by atoms with Crippen LogP contribution in [0.2, 0.25) is 0 Å². The van der Waals surface area contributed by atoms with Gasteiger partial charge in [-0.3, -0.25) is 0 Å². The fraction of sp³-hybridized carbons (Fsp3) is 1.00. The van der Waals surface area contributed by atoms with Crippen molar-refractivity contribution in [2.75, 3.05) is 0 Å². The van der Waals surface area contributed by atoms with Crippen LogP contribution in [-0.4, -0.2) is 0 Å². The molecule has 0 nitrogen and oxygen atoms in total. The van der Waals surface area contributed by atoms with Crippen LogP contribution in [0, 0.1) is 17.3 Å². The van der Waals surface area contributed by atoms with Crippen LogP contribution in [0.4, 0.5) is 0 Å². The van der Waals surface area contributed by atoms with E-state index in [1.165, 1.54) is 44.9 Å². The molecule has 0 heterocycles. The number of fused-ring (bicyclic) bond motifs is 1. The zero-order valence-corrected chi connectivity index (χ0v) is 8.60. The van der Waals surface area contributed by atoms with Crippen molar-refractivity contribution in [2.45, 2.75) is 58.8 Å². The van der Waals surface area contributed by atoms with E-state index in [1.807, 2.05) is 0 Å². The highest BCUT2D eigenvalue weighted by Gasteiger charge is 2.39. The van der Waals surface area contributed by atoms with Gasteiger partial charge in [0, 0.05) is 0 Å². The second-order valence-corrected chi connectivity index (χ2v) is 5.48. The molecule has 0 radical (unpaired) electrons. The van der Waals surface area contributed by atoms with Crippen LogP contribution < -0.4 is 0 Å². The van der Waals surface area contributed by atoms with Crippen molar-refractivity contribution in [3.63, 3.8) is 0 Å². The minimum Gasteiger partial charge on any atom is -0.0625 e. The Morgan fingerprint density at radius 2 is 1.92 bits per heavy atom. The number of rotatable bonds is 0. The average molecular weight is 166 g/mol. The van der Waals surface area contributed by atoms with Gasteiger partial charge in [-0.25, -0.2) is 0 Å². The fourth-order valence-electron chi connectivity index (χ4n) is 3.38. The summed E-state index contributed by atoms with van der Waals surface area (Å²) < 4.78 is 0. The molecule has 2 aliphatic carbocycles. The van der Waals surface area contributed by atoms with Gasteiger partial charge in [0.2, 0.25) is 0 Å². The van der Waals surface area contributed by atoms with E-state index in [0.717, 1.165) is 17.3 Å². The van der Waals surface area contributed by atoms with Crippen LogP contribution in [-0.2, 0) is 0 Å². The minimum atomic E-state index is 0.755. The van der Waals surface area contributed by atoms with Crippen LogP contribution in [0.5, 0.6) is 0 Å². The van der Waals surface area contributed by atoms with Crippen molar-refractivity contribution < 1.29 is 0 Å². The van der Waals surface area contributed by atoms with E-state index in [4.69, 9.17) is 0 Å². The molecular formula is C12H22. The largest absolute Gasteiger partial charge is 0.0625 e. The molecule has 0 spiro atoms. The van der Waals surface area contributed by atoms with Crippen LogP contribution in [0.3, 0.4) is 0 Å². The number of hydrogen-bond acceptors (Lipinski definition) is 0. The maximum absolute atomic E-state index is 2.54. The van der Waals surface area contributed by atoms with Crippen molar-refractivity contribution >= 4 is 0 Å². The molecule has 2 aliphatic rings. The maximum Gasteiger partial charge on any atom is -0.0297 e. The van der Waals surface area contributed by atoms with E-state index < -0.39 is 0 Å². The minimum absolute atomic E-state index is 0.755. The summed E-state index contributed by atoms with van der Waals surface area (Å²) >= 11 is 0. The zero-order valence-electron chi connectivity index (χ0n) is 8.60. The zero-order chi connectivity index (χ0) is 8.60. The van der Waals surface area contributed by atoms with Crippen LogP contribution >= 0.6 is 0 Å². The molecule has 0 aromatic carbocycles. The topological polar surface area (TPSA) is 0 Å². The molecule has 0 bridgehead atoms. The van der Waals surface area contributed by atoms with E-state index >= 15 is 0 Å². The lowest BCUT2D eigenvalue weighted by Crippen LogP contribution is -2.36. The predicted octanol–water partition coefficient (Wildman–Crippen LogP) is 4.00. The summed E-state index contributed by atoms with van der Waals surface area (Å²) in [5.41, 5.74) is 0.755. The summed E-state index contributed by atoms with van der Waals surface area (Å²) in [5, 5.41) is 0. The molecule has 0 aromatic heterocycles. The van der Waals surface area contributed by atoms with E-state index in [9.17, 15) is 0 Å². The standard InChI is InChI=1S/C12H22/c1-10-6-8-12(2)7-4-3-5-11(12)9-10/h10-11H,3-9H2,1-2H3/t10-,11?,12?/m0/s1. The van der Waals surface area contributed by atoms with Gasteiger partial charge >= 0.3 is 0 Å². The first-order valence-electron chi connectivity index (χ1n) is 5.71. The van der Waals surface area contributed by atoms with Gasteiger partial charge in [0.15, 0.2) is 0 Å². The first kappa shape index (κ1) is 8.59. The second kappa shape index (κ2) is 3.05. The molecule has 3 atom stereocenters. The first-order valence-corrected chi connectivity index (χ1v) is 5.71. The van der Waals surface area contributed by atoms with Crippen LogP contribution in [0.25, 0.3) is 0 Å². The molecule has 2 saturated carbocycles. The highest BCUT2D eigenvalue weighted by atomic mass is 14.4. The summed E-state index contributed by atoms with van der Waals surface area (Å²) in [6.07, 6.45) is 10.6. The monoisotopic (exact) mass is 166 g/mol. The van der Waals surface area contributed by atoms with E-state index in [1.54, 1.807) is 0 Å². The summed E-state index contributed by atoms with van der Waals surface area (Å²) in [4.78, 5) is 0. The highest BCUT2D eigenvalue weighted by molar-refractivity contribution is 4.90. The fourth-order valence-corrected chi connectivity index (χ4v) is 3.38. The van der Waals surface area contributed by atoms with Crippen molar-refractivity contribution in [1.29, 1.82) is 0 Å². The third kappa shape index (κ3) is 1.41. The second-order valence-electron chi connectivity index (χ2n) is 5.48. The van der Waals surface area contributed by atoms with Gasteiger partial charge in [0.05, 0.1) is 0 Å². The predicted molar refractivity (Wildman–Crippen MR) is 53.1 cm³/mol. The molecule has 12 heavy (non-hydrogen) atoms. The molecule has 2 rings (SSSR count). The van der Waals surface area contributed by atoms with E-state index in [-0.39, 0.29) is 0 Å². The van der Waals surface area contributed by atoms with Crippen molar-refractivity contribution in [3.8, 4) is 0 Å². The molecule has 0 N–H and O–H groups in total. The van der Waals surface area contributed by atoms with Gasteiger partial charge < -0.3 is 0 Å². The van der Waals surface area contributed by atoms with Crippen molar-refractivity contribution in [1.82, 2.24) is 0 Å². The Morgan fingerprint density at radius 1 is 1.08 bits per heavy atom. The van der Waals surface area contributed by atoms with Gasteiger partial charge in [-0.1, -0.05) is 33.1 Å². The van der Waals surface area contributed by atoms with Gasteiger partial charge in [0.1, 0.15) is 0 Å². The normalized spacial score (nSPS) is 48.5. The van der Waals surface area contributed by atoms with Gasteiger partial charge in [-0.05, 0) is 42.9 Å². The molecule has 70 valence electrons. The van der Waals surface area contributed by atoms with E-state index in [0.29, 0.717) is 0 Å². The number of hydrogen-bond donors (Lipinski definition) is 0. The SMILES string of the molecule is C[C@H]1CCC2(C)CCCCC2C1. The average Bonchev–Trinajstić information content (AvgIpc) is 2.06. The lowest BCUT2D eigenvalue weighted by Gasteiger charge is -2.47. The summed E-state index contributed by atoms with van der Waals surface area (Å²) in [6.45, 7) is 4.98. The third-order valence-corrected chi connectivity index (χ3v) is 4.43. The Morgan fingerprint density at radius 3 is 2.75 bits per heavy atom. The molecule has 0 aliphatic heterocycles. The Bertz CT molecular complexity index is 161. The Kier molecular flexibility index (Phi) is 2.18. The van der Waals surface area contributed by atoms with Crippen LogP contribution in [0.1, 0.15) is 58.8 Å². The molecule has 2 unspecified atom stereocenters. The summed E-state index contributed by atoms with van der Waals surface area (Å²) in [7, 11) is 0. The molecule has 0 heteroatoms. The van der Waals surface area contributed by atoms with Gasteiger partial charge in [-0.15, -0.1) is 0 Å². The smallest absolute Gasteiger partial charge is 0.0297 e.